The maximum absolute atomic E-state index is 10.2. The minimum Gasteiger partial charge on any atom is -0.388 e. The van der Waals surface area contributed by atoms with Gasteiger partial charge in [0, 0.05) is 19.3 Å². The van der Waals surface area contributed by atoms with Gasteiger partial charge in [0.2, 0.25) is 0 Å². The van der Waals surface area contributed by atoms with Gasteiger partial charge in [-0.3, -0.25) is 0 Å². The van der Waals surface area contributed by atoms with Crippen molar-refractivity contribution in [3.8, 4) is 0 Å². The van der Waals surface area contributed by atoms with Crippen LogP contribution in [0.4, 0.5) is 5.69 Å². The van der Waals surface area contributed by atoms with Crippen molar-refractivity contribution in [2.45, 2.75) is 51.6 Å². The molecule has 0 saturated carbocycles. The Labute approximate surface area is 111 Å². The molecule has 1 heterocycles. The van der Waals surface area contributed by atoms with Crippen molar-refractivity contribution in [3.63, 3.8) is 0 Å². The van der Waals surface area contributed by atoms with Crippen molar-refractivity contribution >= 4 is 5.69 Å². The van der Waals surface area contributed by atoms with Crippen LogP contribution in [-0.2, 0) is 6.42 Å². The fourth-order valence-electron chi connectivity index (χ4n) is 2.73. The molecule has 1 N–H and O–H groups in total. The molecule has 0 amide bonds. The lowest BCUT2D eigenvalue weighted by Crippen LogP contribution is -2.12. The SMILES string of the molecule is CCCCCCC(O)c1ccc2c(c1)CCN2C. The van der Waals surface area contributed by atoms with Gasteiger partial charge in [0.05, 0.1) is 6.10 Å². The van der Waals surface area contributed by atoms with E-state index in [9.17, 15) is 5.11 Å². The van der Waals surface area contributed by atoms with Crippen LogP contribution in [-0.4, -0.2) is 18.7 Å². The Bertz CT molecular complexity index is 389. The van der Waals surface area contributed by atoms with Gasteiger partial charge < -0.3 is 10.0 Å². The first-order valence-electron chi connectivity index (χ1n) is 7.24. The van der Waals surface area contributed by atoms with Crippen LogP contribution in [0.3, 0.4) is 0 Å². The molecular formula is C16H25NO. The first-order valence-corrected chi connectivity index (χ1v) is 7.24. The standard InChI is InChI=1S/C16H25NO/c1-3-4-5-6-7-16(18)14-8-9-15-13(12-14)10-11-17(15)2/h8-9,12,16,18H,3-7,10-11H2,1-2H3. The molecule has 0 fully saturated rings. The summed E-state index contributed by atoms with van der Waals surface area (Å²) in [6.07, 6.45) is 6.63. The molecule has 18 heavy (non-hydrogen) atoms. The summed E-state index contributed by atoms with van der Waals surface area (Å²) in [5.74, 6) is 0. The maximum atomic E-state index is 10.2. The Balaban J connectivity index is 1.93. The van der Waals surface area contributed by atoms with Crippen LogP contribution in [0.1, 0.15) is 56.3 Å². The number of benzene rings is 1. The number of anilines is 1. The van der Waals surface area contributed by atoms with E-state index in [2.05, 4.69) is 37.1 Å². The third-order valence-electron chi connectivity index (χ3n) is 3.95. The maximum Gasteiger partial charge on any atom is 0.0790 e. The molecule has 0 spiro atoms. The normalized spacial score (nSPS) is 15.8. The highest BCUT2D eigenvalue weighted by Gasteiger charge is 2.17. The molecule has 1 aromatic rings. The molecular weight excluding hydrogens is 222 g/mol. The summed E-state index contributed by atoms with van der Waals surface area (Å²) < 4.78 is 0. The van der Waals surface area contributed by atoms with Crippen LogP contribution in [0, 0.1) is 0 Å². The van der Waals surface area contributed by atoms with Crippen molar-refractivity contribution in [1.29, 1.82) is 0 Å². The number of rotatable bonds is 6. The number of aliphatic hydroxyl groups excluding tert-OH is 1. The fraction of sp³-hybridized carbons (Fsp3) is 0.625. The number of aliphatic hydroxyl groups is 1. The zero-order chi connectivity index (χ0) is 13.0. The van der Waals surface area contributed by atoms with Gasteiger partial charge in [0.1, 0.15) is 0 Å². The highest BCUT2D eigenvalue weighted by atomic mass is 16.3. The monoisotopic (exact) mass is 247 g/mol. The van der Waals surface area contributed by atoms with Crippen LogP contribution >= 0.6 is 0 Å². The van der Waals surface area contributed by atoms with E-state index in [4.69, 9.17) is 0 Å². The van der Waals surface area contributed by atoms with Crippen molar-refractivity contribution in [2.75, 3.05) is 18.5 Å². The number of fused-ring (bicyclic) bond motifs is 1. The Morgan fingerprint density at radius 3 is 2.89 bits per heavy atom. The van der Waals surface area contributed by atoms with Crippen molar-refractivity contribution in [2.24, 2.45) is 0 Å². The molecule has 0 bridgehead atoms. The molecule has 1 aromatic carbocycles. The fourth-order valence-corrected chi connectivity index (χ4v) is 2.73. The number of likely N-dealkylation sites (N-methyl/N-ethyl adjacent to an activating group) is 1. The van der Waals surface area contributed by atoms with E-state index < -0.39 is 0 Å². The molecule has 100 valence electrons. The predicted molar refractivity (Wildman–Crippen MR) is 77.1 cm³/mol. The largest absolute Gasteiger partial charge is 0.388 e. The molecule has 1 atom stereocenters. The highest BCUT2D eigenvalue weighted by molar-refractivity contribution is 5.58. The topological polar surface area (TPSA) is 23.5 Å². The van der Waals surface area contributed by atoms with E-state index in [1.807, 2.05) is 0 Å². The lowest BCUT2D eigenvalue weighted by molar-refractivity contribution is 0.163. The summed E-state index contributed by atoms with van der Waals surface area (Å²) >= 11 is 0. The van der Waals surface area contributed by atoms with Gasteiger partial charge in [-0.05, 0) is 30.0 Å². The summed E-state index contributed by atoms with van der Waals surface area (Å²) in [5, 5.41) is 10.2. The highest BCUT2D eigenvalue weighted by Crippen LogP contribution is 2.30. The van der Waals surface area contributed by atoms with Gasteiger partial charge in [0.25, 0.3) is 0 Å². The number of hydrogen-bond acceptors (Lipinski definition) is 2. The van der Waals surface area contributed by atoms with E-state index in [0.29, 0.717) is 0 Å². The third kappa shape index (κ3) is 3.05. The van der Waals surface area contributed by atoms with Gasteiger partial charge >= 0.3 is 0 Å². The van der Waals surface area contributed by atoms with Crippen LogP contribution in [0.5, 0.6) is 0 Å². The van der Waals surface area contributed by atoms with Crippen molar-refractivity contribution in [1.82, 2.24) is 0 Å². The smallest absolute Gasteiger partial charge is 0.0790 e. The summed E-state index contributed by atoms with van der Waals surface area (Å²) in [7, 11) is 2.13. The van der Waals surface area contributed by atoms with Crippen LogP contribution in [0.25, 0.3) is 0 Å². The van der Waals surface area contributed by atoms with Crippen molar-refractivity contribution in [3.05, 3.63) is 29.3 Å². The van der Waals surface area contributed by atoms with Crippen LogP contribution in [0.15, 0.2) is 18.2 Å². The second-order valence-corrected chi connectivity index (χ2v) is 5.42. The Hall–Kier alpha value is -1.02. The molecule has 1 unspecified atom stereocenters. The van der Waals surface area contributed by atoms with E-state index in [0.717, 1.165) is 31.4 Å². The summed E-state index contributed by atoms with van der Waals surface area (Å²) in [6.45, 7) is 3.32. The number of unbranched alkanes of at least 4 members (excludes halogenated alkanes) is 3. The minimum atomic E-state index is -0.280. The van der Waals surface area contributed by atoms with E-state index >= 15 is 0 Å². The van der Waals surface area contributed by atoms with E-state index in [-0.39, 0.29) is 6.10 Å². The van der Waals surface area contributed by atoms with Crippen LogP contribution in [0.2, 0.25) is 0 Å². The molecule has 2 rings (SSSR count). The average molecular weight is 247 g/mol. The minimum absolute atomic E-state index is 0.280. The predicted octanol–water partition coefficient (Wildman–Crippen LogP) is 3.68. The summed E-state index contributed by atoms with van der Waals surface area (Å²) in [5.41, 5.74) is 3.82. The zero-order valence-corrected chi connectivity index (χ0v) is 11.7. The Morgan fingerprint density at radius 1 is 1.28 bits per heavy atom. The first kappa shape index (κ1) is 13.4. The van der Waals surface area contributed by atoms with Crippen LogP contribution < -0.4 is 4.90 Å². The van der Waals surface area contributed by atoms with Gasteiger partial charge in [0.15, 0.2) is 0 Å². The molecule has 2 nitrogen and oxygen atoms in total. The molecule has 0 radical (unpaired) electrons. The molecule has 1 aliphatic heterocycles. The van der Waals surface area contributed by atoms with E-state index in [1.165, 1.54) is 30.5 Å². The lowest BCUT2D eigenvalue weighted by Gasteiger charge is -2.15. The molecule has 0 aromatic heterocycles. The van der Waals surface area contributed by atoms with Gasteiger partial charge in [-0.25, -0.2) is 0 Å². The van der Waals surface area contributed by atoms with Gasteiger partial charge in [-0.2, -0.15) is 0 Å². The van der Waals surface area contributed by atoms with Gasteiger partial charge in [-0.1, -0.05) is 44.7 Å². The Morgan fingerprint density at radius 2 is 2.11 bits per heavy atom. The lowest BCUT2D eigenvalue weighted by atomic mass is 10.00. The number of hydrogen-bond donors (Lipinski definition) is 1. The molecule has 1 aliphatic rings. The average Bonchev–Trinajstić information content (AvgIpc) is 2.76. The summed E-state index contributed by atoms with van der Waals surface area (Å²) in [4.78, 5) is 2.28. The first-order chi connectivity index (χ1) is 8.72. The molecule has 0 aliphatic carbocycles. The third-order valence-corrected chi connectivity index (χ3v) is 3.95. The summed E-state index contributed by atoms with van der Waals surface area (Å²) in [6, 6.07) is 6.45. The Kier molecular flexibility index (Phi) is 4.65. The number of nitrogens with zero attached hydrogens (tertiary/aromatic N) is 1. The quantitative estimate of drug-likeness (QED) is 0.775. The van der Waals surface area contributed by atoms with E-state index in [1.54, 1.807) is 0 Å². The zero-order valence-electron chi connectivity index (χ0n) is 11.7. The van der Waals surface area contributed by atoms with Gasteiger partial charge in [-0.15, -0.1) is 0 Å². The molecule has 0 saturated heterocycles. The van der Waals surface area contributed by atoms with Crippen molar-refractivity contribution < 1.29 is 5.11 Å². The molecule has 2 heteroatoms. The second kappa shape index (κ2) is 6.24. The second-order valence-electron chi connectivity index (χ2n) is 5.42.